The number of carbonyl (C=O) groups is 1. The molecule has 0 heterocycles. The van der Waals surface area contributed by atoms with Gasteiger partial charge in [0.1, 0.15) is 0 Å². The van der Waals surface area contributed by atoms with E-state index in [0.717, 1.165) is 6.42 Å². The van der Waals surface area contributed by atoms with Gasteiger partial charge in [-0.2, -0.15) is 0 Å². The van der Waals surface area contributed by atoms with E-state index in [1.54, 1.807) is 0 Å². The van der Waals surface area contributed by atoms with Gasteiger partial charge in [-0.15, -0.1) is 0 Å². The standard InChI is InChI=1S/C15H23ClN2O3S/c1-12(2)9-11-17-15(19)4-3-10-18-22(20,21)14-7-5-13(16)6-8-14/h5-8,12,18H,3-4,9-11H2,1-2H3,(H,17,19). The summed E-state index contributed by atoms with van der Waals surface area (Å²) in [5, 5.41) is 3.30. The zero-order valence-electron chi connectivity index (χ0n) is 12.9. The molecule has 0 aliphatic rings. The van der Waals surface area contributed by atoms with Crippen molar-refractivity contribution in [2.75, 3.05) is 13.1 Å². The molecule has 1 rings (SSSR count). The fourth-order valence-electron chi connectivity index (χ4n) is 1.74. The molecule has 1 amide bonds. The van der Waals surface area contributed by atoms with Crippen LogP contribution in [0, 0.1) is 5.92 Å². The SMILES string of the molecule is CC(C)CCNC(=O)CCCNS(=O)(=O)c1ccc(Cl)cc1. The summed E-state index contributed by atoms with van der Waals surface area (Å²) in [6.45, 7) is 5.07. The maximum atomic E-state index is 12.0. The first kappa shape index (κ1) is 18.9. The average molecular weight is 347 g/mol. The zero-order chi connectivity index (χ0) is 16.6. The highest BCUT2D eigenvalue weighted by atomic mass is 35.5. The number of amides is 1. The van der Waals surface area contributed by atoms with Gasteiger partial charge in [-0.3, -0.25) is 4.79 Å². The first-order chi connectivity index (χ1) is 10.3. The molecule has 0 unspecified atom stereocenters. The Morgan fingerprint density at radius 2 is 1.82 bits per heavy atom. The minimum atomic E-state index is -3.54. The highest BCUT2D eigenvalue weighted by molar-refractivity contribution is 7.89. The largest absolute Gasteiger partial charge is 0.356 e. The van der Waals surface area contributed by atoms with E-state index in [-0.39, 0.29) is 17.3 Å². The van der Waals surface area contributed by atoms with Crippen molar-refractivity contribution in [2.45, 2.75) is 38.0 Å². The van der Waals surface area contributed by atoms with Gasteiger partial charge in [0.15, 0.2) is 0 Å². The quantitative estimate of drug-likeness (QED) is 0.675. The number of hydrogen-bond donors (Lipinski definition) is 2. The Bertz CT molecular complexity index is 571. The van der Waals surface area contributed by atoms with Crippen molar-refractivity contribution in [1.82, 2.24) is 10.0 Å². The maximum Gasteiger partial charge on any atom is 0.240 e. The van der Waals surface area contributed by atoms with Crippen molar-refractivity contribution in [3.8, 4) is 0 Å². The van der Waals surface area contributed by atoms with Crippen molar-refractivity contribution < 1.29 is 13.2 Å². The molecule has 0 radical (unpaired) electrons. The summed E-state index contributed by atoms with van der Waals surface area (Å²) in [6, 6.07) is 5.95. The molecule has 0 bridgehead atoms. The van der Waals surface area contributed by atoms with Gasteiger partial charge in [0.2, 0.25) is 15.9 Å². The molecule has 124 valence electrons. The second kappa shape index (κ2) is 9.12. The Morgan fingerprint density at radius 3 is 2.41 bits per heavy atom. The van der Waals surface area contributed by atoms with E-state index in [1.807, 2.05) is 0 Å². The molecule has 1 aromatic carbocycles. The van der Waals surface area contributed by atoms with Crippen molar-refractivity contribution in [2.24, 2.45) is 5.92 Å². The summed E-state index contributed by atoms with van der Waals surface area (Å²) in [6.07, 6.45) is 1.70. The summed E-state index contributed by atoms with van der Waals surface area (Å²) in [7, 11) is -3.54. The molecule has 5 nitrogen and oxygen atoms in total. The number of nitrogens with one attached hydrogen (secondary N) is 2. The fraction of sp³-hybridized carbons (Fsp3) is 0.533. The Kier molecular flexibility index (Phi) is 7.85. The highest BCUT2D eigenvalue weighted by Crippen LogP contribution is 2.13. The molecule has 22 heavy (non-hydrogen) atoms. The number of rotatable bonds is 9. The second-order valence-electron chi connectivity index (χ2n) is 5.49. The van der Waals surface area contributed by atoms with Gasteiger partial charge in [0.25, 0.3) is 0 Å². The number of sulfonamides is 1. The zero-order valence-corrected chi connectivity index (χ0v) is 14.5. The van der Waals surface area contributed by atoms with E-state index in [2.05, 4.69) is 23.9 Å². The molecule has 0 saturated heterocycles. The van der Waals surface area contributed by atoms with E-state index in [9.17, 15) is 13.2 Å². The van der Waals surface area contributed by atoms with E-state index in [1.165, 1.54) is 24.3 Å². The van der Waals surface area contributed by atoms with E-state index in [0.29, 0.717) is 30.3 Å². The van der Waals surface area contributed by atoms with Gasteiger partial charge in [-0.25, -0.2) is 13.1 Å². The molecule has 0 spiro atoms. The van der Waals surface area contributed by atoms with Crippen molar-refractivity contribution in [3.05, 3.63) is 29.3 Å². The molecule has 0 aliphatic heterocycles. The first-order valence-corrected chi connectivity index (χ1v) is 9.19. The molecule has 0 saturated carbocycles. The lowest BCUT2D eigenvalue weighted by atomic mass is 10.1. The number of carbonyl (C=O) groups excluding carboxylic acids is 1. The maximum absolute atomic E-state index is 12.0. The second-order valence-corrected chi connectivity index (χ2v) is 7.69. The monoisotopic (exact) mass is 346 g/mol. The lowest BCUT2D eigenvalue weighted by Crippen LogP contribution is -2.28. The van der Waals surface area contributed by atoms with Crippen LogP contribution in [0.15, 0.2) is 29.2 Å². The fourth-order valence-corrected chi connectivity index (χ4v) is 2.94. The Balaban J connectivity index is 2.28. The van der Waals surface area contributed by atoms with Crippen molar-refractivity contribution in [1.29, 1.82) is 0 Å². The van der Waals surface area contributed by atoms with Crippen LogP contribution in [0.3, 0.4) is 0 Å². The van der Waals surface area contributed by atoms with Crippen LogP contribution in [-0.4, -0.2) is 27.4 Å². The van der Waals surface area contributed by atoms with E-state index >= 15 is 0 Å². The lowest BCUT2D eigenvalue weighted by molar-refractivity contribution is -0.121. The number of benzene rings is 1. The normalized spacial score (nSPS) is 11.6. The molecule has 7 heteroatoms. The van der Waals surface area contributed by atoms with Gasteiger partial charge in [-0.1, -0.05) is 25.4 Å². The third-order valence-electron chi connectivity index (χ3n) is 3.04. The molecule has 0 aliphatic carbocycles. The Hall–Kier alpha value is -1.11. The van der Waals surface area contributed by atoms with Crippen LogP contribution in [0.1, 0.15) is 33.1 Å². The summed E-state index contributed by atoms with van der Waals surface area (Å²) in [5.41, 5.74) is 0. The Morgan fingerprint density at radius 1 is 1.18 bits per heavy atom. The van der Waals surface area contributed by atoms with E-state index in [4.69, 9.17) is 11.6 Å². The van der Waals surface area contributed by atoms with Crippen LogP contribution in [0.4, 0.5) is 0 Å². The van der Waals surface area contributed by atoms with Crippen molar-refractivity contribution in [3.63, 3.8) is 0 Å². The summed E-state index contributed by atoms with van der Waals surface area (Å²) >= 11 is 5.72. The van der Waals surface area contributed by atoms with Crippen LogP contribution >= 0.6 is 11.6 Å². The third kappa shape index (κ3) is 7.24. The highest BCUT2D eigenvalue weighted by Gasteiger charge is 2.13. The smallest absolute Gasteiger partial charge is 0.240 e. The van der Waals surface area contributed by atoms with Gasteiger partial charge < -0.3 is 5.32 Å². The molecule has 2 N–H and O–H groups in total. The number of hydrogen-bond acceptors (Lipinski definition) is 3. The lowest BCUT2D eigenvalue weighted by Gasteiger charge is -2.08. The molecule has 0 atom stereocenters. The van der Waals surface area contributed by atoms with Crippen molar-refractivity contribution >= 4 is 27.5 Å². The average Bonchev–Trinajstić information content (AvgIpc) is 2.44. The van der Waals surface area contributed by atoms with Gasteiger partial charge >= 0.3 is 0 Å². The molecular formula is C15H23ClN2O3S. The third-order valence-corrected chi connectivity index (χ3v) is 4.77. The summed E-state index contributed by atoms with van der Waals surface area (Å²) < 4.78 is 26.4. The topological polar surface area (TPSA) is 75.3 Å². The van der Waals surface area contributed by atoms with Crippen LogP contribution in [-0.2, 0) is 14.8 Å². The van der Waals surface area contributed by atoms with Crippen LogP contribution < -0.4 is 10.0 Å². The minimum Gasteiger partial charge on any atom is -0.356 e. The summed E-state index contributed by atoms with van der Waals surface area (Å²) in [5.74, 6) is 0.498. The molecule has 1 aromatic rings. The predicted octanol–water partition coefficient (Wildman–Crippen LogP) is 2.56. The molecular weight excluding hydrogens is 324 g/mol. The van der Waals surface area contributed by atoms with E-state index < -0.39 is 10.0 Å². The first-order valence-electron chi connectivity index (χ1n) is 7.33. The van der Waals surface area contributed by atoms with Crippen LogP contribution in [0.2, 0.25) is 5.02 Å². The van der Waals surface area contributed by atoms with Gasteiger partial charge in [0.05, 0.1) is 4.90 Å². The van der Waals surface area contributed by atoms with Crippen LogP contribution in [0.5, 0.6) is 0 Å². The van der Waals surface area contributed by atoms with Crippen LogP contribution in [0.25, 0.3) is 0 Å². The number of halogens is 1. The predicted molar refractivity (Wildman–Crippen MR) is 88.3 cm³/mol. The molecule has 0 fully saturated rings. The Labute approximate surface area is 137 Å². The molecule has 0 aromatic heterocycles. The van der Waals surface area contributed by atoms with Gasteiger partial charge in [0, 0.05) is 24.5 Å². The summed E-state index contributed by atoms with van der Waals surface area (Å²) in [4.78, 5) is 11.7. The van der Waals surface area contributed by atoms with Gasteiger partial charge in [-0.05, 0) is 43.0 Å². The minimum absolute atomic E-state index is 0.0497.